The molecule has 6 nitrogen and oxygen atoms in total. The normalized spacial score (nSPS) is 22.3. The summed E-state index contributed by atoms with van der Waals surface area (Å²) in [4.78, 5) is 32.6. The maximum Gasteiger partial charge on any atom is 0.322 e. The lowest BCUT2D eigenvalue weighted by Crippen LogP contribution is -2.47. The zero-order chi connectivity index (χ0) is 22.1. The number of amides is 3. The molecule has 1 unspecified atom stereocenters. The van der Waals surface area contributed by atoms with Crippen molar-refractivity contribution < 1.29 is 9.59 Å². The van der Waals surface area contributed by atoms with E-state index in [1.807, 2.05) is 27.8 Å². The van der Waals surface area contributed by atoms with Crippen molar-refractivity contribution in [1.82, 2.24) is 20.0 Å². The van der Waals surface area contributed by atoms with E-state index in [0.29, 0.717) is 13.1 Å². The van der Waals surface area contributed by atoms with Gasteiger partial charge in [0, 0.05) is 32.2 Å². The smallest absolute Gasteiger partial charge is 0.322 e. The second-order valence-corrected chi connectivity index (χ2v) is 9.40. The topological polar surface area (TPSA) is 55.9 Å². The Morgan fingerprint density at radius 3 is 2.59 bits per heavy atom. The van der Waals surface area contributed by atoms with Crippen LogP contribution in [-0.2, 0) is 11.3 Å². The summed E-state index contributed by atoms with van der Waals surface area (Å²) >= 11 is 1.58. The number of carbonyl (C=O) groups is 2. The number of urea groups is 1. The summed E-state index contributed by atoms with van der Waals surface area (Å²) in [6, 6.07) is 12.2. The van der Waals surface area contributed by atoms with Crippen LogP contribution in [0.25, 0.3) is 0 Å². The van der Waals surface area contributed by atoms with Gasteiger partial charge in [0.1, 0.15) is 0 Å². The maximum atomic E-state index is 13.6. The monoisotopic (exact) mass is 448 g/mol. The molecule has 7 heteroatoms. The van der Waals surface area contributed by atoms with Crippen molar-refractivity contribution in [3.05, 3.63) is 82.2 Å². The molecule has 0 spiro atoms. The largest absolute Gasteiger partial charge is 0.330 e. The molecule has 0 saturated carbocycles. The fourth-order valence-corrected chi connectivity index (χ4v) is 5.74. The number of benzene rings is 1. The van der Waals surface area contributed by atoms with E-state index in [1.165, 1.54) is 5.56 Å². The number of nitrogens with zero attached hydrogens (tertiary/aromatic N) is 3. The average Bonchev–Trinajstić information content (AvgIpc) is 3.46. The standard InChI is InChI=1S/C25H28N4O2S/c1-2-11-28-21-16-29(20-8-12-27(13-9-20)15-18-6-4-3-5-7-18)24(30)22(21)23(26-25(28)31)19-10-14-32-17-19/h2-7,10,14,17,20,23H,1,8-9,11-13,15-16H2,(H,26,31). The first-order valence-electron chi connectivity index (χ1n) is 11.2. The molecule has 1 saturated heterocycles. The fourth-order valence-electron chi connectivity index (χ4n) is 5.05. The zero-order valence-corrected chi connectivity index (χ0v) is 18.9. The van der Waals surface area contributed by atoms with Crippen molar-refractivity contribution in [2.45, 2.75) is 31.5 Å². The third kappa shape index (κ3) is 3.87. The number of hydrogen-bond donors (Lipinski definition) is 1. The molecule has 1 aromatic carbocycles. The minimum Gasteiger partial charge on any atom is -0.330 e. The Morgan fingerprint density at radius 2 is 1.91 bits per heavy atom. The lowest BCUT2D eigenvalue weighted by Gasteiger charge is -2.37. The summed E-state index contributed by atoms with van der Waals surface area (Å²) in [5.41, 5.74) is 3.85. The predicted molar refractivity (Wildman–Crippen MR) is 126 cm³/mol. The molecule has 1 N–H and O–H groups in total. The first kappa shape index (κ1) is 21.0. The van der Waals surface area contributed by atoms with Crippen LogP contribution in [0, 0.1) is 0 Å². The van der Waals surface area contributed by atoms with Crippen LogP contribution in [-0.4, -0.2) is 58.9 Å². The molecule has 3 aliphatic rings. The molecule has 1 aromatic heterocycles. The van der Waals surface area contributed by atoms with E-state index in [2.05, 4.69) is 41.1 Å². The summed E-state index contributed by atoms with van der Waals surface area (Å²) in [6.45, 7) is 7.58. The van der Waals surface area contributed by atoms with Gasteiger partial charge >= 0.3 is 6.03 Å². The van der Waals surface area contributed by atoms with Gasteiger partial charge in [-0.05, 0) is 40.8 Å². The van der Waals surface area contributed by atoms with Crippen LogP contribution in [0.4, 0.5) is 4.79 Å². The quantitative estimate of drug-likeness (QED) is 0.685. The van der Waals surface area contributed by atoms with Gasteiger partial charge in [0.15, 0.2) is 0 Å². The van der Waals surface area contributed by atoms with Crippen LogP contribution in [0.2, 0.25) is 0 Å². The van der Waals surface area contributed by atoms with Gasteiger partial charge in [-0.1, -0.05) is 36.4 Å². The van der Waals surface area contributed by atoms with Gasteiger partial charge in [0.25, 0.3) is 5.91 Å². The Morgan fingerprint density at radius 1 is 1.12 bits per heavy atom. The second-order valence-electron chi connectivity index (χ2n) is 8.62. The van der Waals surface area contributed by atoms with Gasteiger partial charge in [-0.15, -0.1) is 6.58 Å². The highest BCUT2D eigenvalue weighted by Gasteiger charge is 2.45. The molecule has 2 aromatic rings. The van der Waals surface area contributed by atoms with Crippen molar-refractivity contribution in [2.75, 3.05) is 26.2 Å². The minimum atomic E-state index is -0.375. The van der Waals surface area contributed by atoms with Crippen LogP contribution < -0.4 is 5.32 Å². The van der Waals surface area contributed by atoms with Gasteiger partial charge < -0.3 is 10.2 Å². The zero-order valence-electron chi connectivity index (χ0n) is 18.1. The Labute approximate surface area is 192 Å². The van der Waals surface area contributed by atoms with E-state index in [1.54, 1.807) is 22.3 Å². The summed E-state index contributed by atoms with van der Waals surface area (Å²) in [5, 5.41) is 7.04. The molecule has 166 valence electrons. The van der Waals surface area contributed by atoms with Crippen LogP contribution in [0.5, 0.6) is 0 Å². The van der Waals surface area contributed by atoms with Crippen molar-refractivity contribution in [1.29, 1.82) is 0 Å². The summed E-state index contributed by atoms with van der Waals surface area (Å²) in [5.74, 6) is 0.0618. The number of piperidine rings is 1. The number of hydrogen-bond acceptors (Lipinski definition) is 4. The van der Waals surface area contributed by atoms with E-state index < -0.39 is 0 Å². The Hall–Kier alpha value is -2.90. The lowest BCUT2D eigenvalue weighted by atomic mass is 9.97. The third-order valence-electron chi connectivity index (χ3n) is 6.68. The molecular formula is C25H28N4O2S. The third-order valence-corrected chi connectivity index (χ3v) is 7.39. The number of carbonyl (C=O) groups excluding carboxylic acids is 2. The van der Waals surface area contributed by atoms with E-state index >= 15 is 0 Å². The molecule has 0 radical (unpaired) electrons. The summed E-state index contributed by atoms with van der Waals surface area (Å²) < 4.78 is 0. The number of nitrogens with one attached hydrogen (secondary N) is 1. The van der Waals surface area contributed by atoms with E-state index in [-0.39, 0.29) is 24.0 Å². The predicted octanol–water partition coefficient (Wildman–Crippen LogP) is 3.76. The first-order chi connectivity index (χ1) is 15.7. The van der Waals surface area contributed by atoms with Gasteiger partial charge in [0.2, 0.25) is 0 Å². The molecular weight excluding hydrogens is 420 g/mol. The second kappa shape index (κ2) is 8.92. The Balaban J connectivity index is 1.32. The van der Waals surface area contributed by atoms with E-state index in [9.17, 15) is 9.59 Å². The fraction of sp³-hybridized carbons (Fsp3) is 0.360. The number of rotatable bonds is 6. The van der Waals surface area contributed by atoms with Crippen molar-refractivity contribution >= 4 is 23.3 Å². The minimum absolute atomic E-state index is 0.0618. The molecule has 0 aliphatic carbocycles. The van der Waals surface area contributed by atoms with Crippen LogP contribution in [0.15, 0.2) is 71.1 Å². The number of thiophene rings is 1. The van der Waals surface area contributed by atoms with E-state index in [0.717, 1.165) is 49.3 Å². The summed E-state index contributed by atoms with van der Waals surface area (Å²) in [7, 11) is 0. The van der Waals surface area contributed by atoms with Crippen LogP contribution in [0.3, 0.4) is 0 Å². The molecule has 4 heterocycles. The molecule has 5 rings (SSSR count). The average molecular weight is 449 g/mol. The molecule has 1 atom stereocenters. The van der Waals surface area contributed by atoms with Gasteiger partial charge in [-0.3, -0.25) is 14.6 Å². The highest BCUT2D eigenvalue weighted by atomic mass is 32.1. The highest BCUT2D eigenvalue weighted by molar-refractivity contribution is 7.08. The van der Waals surface area contributed by atoms with Crippen molar-refractivity contribution in [3.8, 4) is 0 Å². The van der Waals surface area contributed by atoms with Gasteiger partial charge in [0.05, 0.1) is 23.9 Å². The molecule has 1 fully saturated rings. The van der Waals surface area contributed by atoms with E-state index in [4.69, 9.17) is 0 Å². The Kier molecular flexibility index (Phi) is 5.85. The lowest BCUT2D eigenvalue weighted by molar-refractivity contribution is -0.128. The van der Waals surface area contributed by atoms with Crippen LogP contribution >= 0.6 is 11.3 Å². The van der Waals surface area contributed by atoms with Gasteiger partial charge in [-0.25, -0.2) is 4.79 Å². The molecule has 0 bridgehead atoms. The summed E-state index contributed by atoms with van der Waals surface area (Å²) in [6.07, 6.45) is 3.61. The Bertz CT molecular complexity index is 1030. The highest BCUT2D eigenvalue weighted by Crippen LogP contribution is 2.38. The SMILES string of the molecule is C=CCN1C(=O)NC(c2ccsc2)C2=C1CN(C1CCN(Cc3ccccc3)CC1)C2=O. The molecule has 3 amide bonds. The van der Waals surface area contributed by atoms with Crippen LogP contribution in [0.1, 0.15) is 30.0 Å². The molecule has 32 heavy (non-hydrogen) atoms. The van der Waals surface area contributed by atoms with Crippen molar-refractivity contribution in [3.63, 3.8) is 0 Å². The first-order valence-corrected chi connectivity index (χ1v) is 12.1. The number of likely N-dealkylation sites (tertiary alicyclic amines) is 1. The van der Waals surface area contributed by atoms with Gasteiger partial charge in [-0.2, -0.15) is 11.3 Å². The van der Waals surface area contributed by atoms with Crippen molar-refractivity contribution in [2.24, 2.45) is 0 Å². The maximum absolute atomic E-state index is 13.6. The molecule has 3 aliphatic heterocycles.